The van der Waals surface area contributed by atoms with Gasteiger partial charge in [-0.25, -0.2) is 4.79 Å². The second kappa shape index (κ2) is 6.05. The number of amides is 2. The molecule has 1 aromatic heterocycles. The Bertz CT molecular complexity index is 611. The van der Waals surface area contributed by atoms with E-state index in [-0.39, 0.29) is 17.5 Å². The first-order chi connectivity index (χ1) is 10.3. The van der Waals surface area contributed by atoms with Crippen LogP contribution in [0.25, 0.3) is 0 Å². The number of anilines is 1. The molecule has 1 atom stereocenters. The number of likely N-dealkylation sites (tertiary alicyclic amines) is 1. The van der Waals surface area contributed by atoms with E-state index < -0.39 is 11.7 Å². The van der Waals surface area contributed by atoms with Gasteiger partial charge in [-0.1, -0.05) is 0 Å². The third-order valence-corrected chi connectivity index (χ3v) is 3.22. The van der Waals surface area contributed by atoms with Gasteiger partial charge in [0, 0.05) is 13.1 Å². The van der Waals surface area contributed by atoms with Crippen molar-refractivity contribution in [3.63, 3.8) is 0 Å². The second-order valence-electron chi connectivity index (χ2n) is 6.17. The van der Waals surface area contributed by atoms with Gasteiger partial charge in [0.1, 0.15) is 11.7 Å². The minimum Gasteiger partial charge on any atom is -0.444 e. The molecule has 0 saturated carbocycles. The van der Waals surface area contributed by atoms with Gasteiger partial charge in [-0.2, -0.15) is 10.4 Å². The van der Waals surface area contributed by atoms with Gasteiger partial charge in [0.05, 0.1) is 17.8 Å². The summed E-state index contributed by atoms with van der Waals surface area (Å²) in [5.74, 6) is -0.557. The van der Waals surface area contributed by atoms with Gasteiger partial charge < -0.3 is 15.0 Å². The fourth-order valence-corrected chi connectivity index (χ4v) is 2.17. The molecule has 1 fully saturated rings. The van der Waals surface area contributed by atoms with Crippen molar-refractivity contribution in [3.8, 4) is 6.07 Å². The van der Waals surface area contributed by atoms with E-state index in [1.807, 2.05) is 6.07 Å². The van der Waals surface area contributed by atoms with Crippen LogP contribution in [0.15, 0.2) is 6.20 Å². The standard InChI is InChI=1S/C14H19N5O3/c1-14(2,3)22-13(21)19-5-4-9(8-19)12(20)17-11-7-16-18-10(11)6-15/h7,9H,4-5,8H2,1-3H3,(H,16,18)(H,17,20). The monoisotopic (exact) mass is 305 g/mol. The van der Waals surface area contributed by atoms with E-state index in [1.54, 1.807) is 20.8 Å². The van der Waals surface area contributed by atoms with Crippen LogP contribution in [0.3, 0.4) is 0 Å². The van der Waals surface area contributed by atoms with Crippen LogP contribution in [0.4, 0.5) is 10.5 Å². The molecule has 1 aliphatic heterocycles. The molecule has 0 aromatic carbocycles. The first kappa shape index (κ1) is 15.8. The van der Waals surface area contributed by atoms with Crippen molar-refractivity contribution in [2.45, 2.75) is 32.8 Å². The van der Waals surface area contributed by atoms with Gasteiger partial charge in [-0.15, -0.1) is 0 Å². The Balaban J connectivity index is 1.92. The lowest BCUT2D eigenvalue weighted by Gasteiger charge is -2.24. The van der Waals surface area contributed by atoms with Crippen LogP contribution in [-0.2, 0) is 9.53 Å². The van der Waals surface area contributed by atoms with Crippen molar-refractivity contribution < 1.29 is 14.3 Å². The molecule has 2 rings (SSSR count). The predicted octanol–water partition coefficient (Wildman–Crippen LogP) is 1.48. The van der Waals surface area contributed by atoms with Crippen LogP contribution in [0.5, 0.6) is 0 Å². The van der Waals surface area contributed by atoms with Crippen LogP contribution in [0.1, 0.15) is 32.9 Å². The van der Waals surface area contributed by atoms with E-state index >= 15 is 0 Å². The molecule has 2 N–H and O–H groups in total. The summed E-state index contributed by atoms with van der Waals surface area (Å²) in [5.41, 5.74) is -0.00538. The third kappa shape index (κ3) is 3.75. The van der Waals surface area contributed by atoms with Gasteiger partial charge >= 0.3 is 6.09 Å². The number of ether oxygens (including phenoxy) is 1. The van der Waals surface area contributed by atoms with Crippen LogP contribution < -0.4 is 5.32 Å². The summed E-state index contributed by atoms with van der Waals surface area (Å²) in [6.45, 7) is 6.18. The first-order valence-electron chi connectivity index (χ1n) is 7.02. The van der Waals surface area contributed by atoms with Gasteiger partial charge in [-0.3, -0.25) is 9.89 Å². The molecule has 8 nitrogen and oxygen atoms in total. The van der Waals surface area contributed by atoms with Gasteiger partial charge in [0.2, 0.25) is 5.91 Å². The average molecular weight is 305 g/mol. The Labute approximate surface area is 128 Å². The molecule has 118 valence electrons. The summed E-state index contributed by atoms with van der Waals surface area (Å²) in [7, 11) is 0. The molecular weight excluding hydrogens is 286 g/mol. The SMILES string of the molecule is CC(C)(C)OC(=O)N1CCC(C(=O)Nc2cn[nH]c2C#N)C1. The average Bonchev–Trinajstić information content (AvgIpc) is 3.05. The Morgan fingerprint density at radius 2 is 2.27 bits per heavy atom. The lowest BCUT2D eigenvalue weighted by molar-refractivity contribution is -0.119. The topological polar surface area (TPSA) is 111 Å². The number of hydrogen-bond acceptors (Lipinski definition) is 5. The van der Waals surface area contributed by atoms with E-state index in [0.29, 0.717) is 25.2 Å². The molecule has 0 aliphatic carbocycles. The molecule has 1 saturated heterocycles. The zero-order valence-electron chi connectivity index (χ0n) is 12.8. The number of nitriles is 1. The van der Waals surface area contributed by atoms with Crippen LogP contribution >= 0.6 is 0 Å². The smallest absolute Gasteiger partial charge is 0.410 e. The Kier molecular flexibility index (Phi) is 4.35. The van der Waals surface area contributed by atoms with E-state index in [1.165, 1.54) is 11.1 Å². The fourth-order valence-electron chi connectivity index (χ4n) is 2.17. The maximum Gasteiger partial charge on any atom is 0.410 e. The van der Waals surface area contributed by atoms with Gasteiger partial charge in [0.15, 0.2) is 5.69 Å². The number of carbonyl (C=O) groups is 2. The molecule has 2 heterocycles. The minimum absolute atomic E-state index is 0.204. The Morgan fingerprint density at radius 3 is 2.91 bits per heavy atom. The normalized spacial score (nSPS) is 17.9. The quantitative estimate of drug-likeness (QED) is 0.859. The number of H-pyrrole nitrogens is 1. The molecule has 1 unspecified atom stereocenters. The zero-order chi connectivity index (χ0) is 16.3. The molecule has 0 radical (unpaired) electrons. The highest BCUT2D eigenvalue weighted by Crippen LogP contribution is 2.21. The number of nitrogens with zero attached hydrogens (tertiary/aromatic N) is 3. The molecule has 0 bridgehead atoms. The molecule has 1 aromatic rings. The van der Waals surface area contributed by atoms with Crippen molar-refractivity contribution in [2.24, 2.45) is 5.92 Å². The number of hydrogen-bond donors (Lipinski definition) is 2. The Hall–Kier alpha value is -2.56. The number of aromatic amines is 1. The Morgan fingerprint density at radius 1 is 1.55 bits per heavy atom. The number of carbonyl (C=O) groups excluding carboxylic acids is 2. The number of nitrogens with one attached hydrogen (secondary N) is 2. The first-order valence-corrected chi connectivity index (χ1v) is 7.02. The van der Waals surface area contributed by atoms with Crippen molar-refractivity contribution in [1.29, 1.82) is 5.26 Å². The number of rotatable bonds is 2. The number of aromatic nitrogens is 2. The van der Waals surface area contributed by atoms with Crippen molar-refractivity contribution in [3.05, 3.63) is 11.9 Å². The maximum absolute atomic E-state index is 12.2. The molecule has 1 aliphatic rings. The van der Waals surface area contributed by atoms with Gasteiger partial charge in [0.25, 0.3) is 0 Å². The van der Waals surface area contributed by atoms with E-state index in [4.69, 9.17) is 10.00 Å². The van der Waals surface area contributed by atoms with Crippen molar-refractivity contribution in [2.75, 3.05) is 18.4 Å². The van der Waals surface area contributed by atoms with Crippen LogP contribution in [0.2, 0.25) is 0 Å². The highest BCUT2D eigenvalue weighted by molar-refractivity contribution is 5.94. The van der Waals surface area contributed by atoms with Crippen LogP contribution in [0, 0.1) is 17.2 Å². The van der Waals surface area contributed by atoms with Crippen molar-refractivity contribution in [1.82, 2.24) is 15.1 Å². The molecule has 8 heteroatoms. The highest BCUT2D eigenvalue weighted by atomic mass is 16.6. The molecule has 2 amide bonds. The predicted molar refractivity (Wildman–Crippen MR) is 77.8 cm³/mol. The molecular formula is C14H19N5O3. The van der Waals surface area contributed by atoms with E-state index in [9.17, 15) is 9.59 Å². The van der Waals surface area contributed by atoms with Crippen LogP contribution in [-0.4, -0.2) is 45.8 Å². The minimum atomic E-state index is -0.560. The zero-order valence-corrected chi connectivity index (χ0v) is 12.8. The summed E-state index contributed by atoms with van der Waals surface area (Å²) in [6.07, 6.45) is 1.53. The summed E-state index contributed by atoms with van der Waals surface area (Å²) in [4.78, 5) is 25.7. The third-order valence-electron chi connectivity index (χ3n) is 3.22. The summed E-state index contributed by atoms with van der Waals surface area (Å²) < 4.78 is 5.29. The summed E-state index contributed by atoms with van der Waals surface area (Å²) in [5, 5.41) is 17.7. The van der Waals surface area contributed by atoms with E-state index in [0.717, 1.165) is 0 Å². The fraction of sp³-hybridized carbons (Fsp3) is 0.571. The molecule has 22 heavy (non-hydrogen) atoms. The van der Waals surface area contributed by atoms with Crippen molar-refractivity contribution >= 4 is 17.7 Å². The second-order valence-corrected chi connectivity index (χ2v) is 6.17. The maximum atomic E-state index is 12.2. The molecule has 0 spiro atoms. The highest BCUT2D eigenvalue weighted by Gasteiger charge is 2.33. The largest absolute Gasteiger partial charge is 0.444 e. The van der Waals surface area contributed by atoms with E-state index in [2.05, 4.69) is 15.5 Å². The lowest BCUT2D eigenvalue weighted by Crippen LogP contribution is -2.36. The lowest BCUT2D eigenvalue weighted by atomic mass is 10.1. The summed E-state index contributed by atoms with van der Waals surface area (Å²) in [6, 6.07) is 1.91. The van der Waals surface area contributed by atoms with Gasteiger partial charge in [-0.05, 0) is 27.2 Å². The summed E-state index contributed by atoms with van der Waals surface area (Å²) >= 11 is 0.